The van der Waals surface area contributed by atoms with Gasteiger partial charge in [0.15, 0.2) is 10.9 Å². The van der Waals surface area contributed by atoms with Crippen LogP contribution in [0.25, 0.3) is 16.9 Å². The zero-order valence-corrected chi connectivity index (χ0v) is 18.4. The number of carbonyl (C=O) groups is 1. The summed E-state index contributed by atoms with van der Waals surface area (Å²) < 4.78 is 3.03. The summed E-state index contributed by atoms with van der Waals surface area (Å²) in [6.07, 6.45) is 2.01. The van der Waals surface area contributed by atoms with Crippen LogP contribution in [0.1, 0.15) is 10.4 Å². The maximum Gasteiger partial charge on any atom is 0.173 e. The van der Waals surface area contributed by atoms with Gasteiger partial charge in [-0.05, 0) is 48.5 Å². The van der Waals surface area contributed by atoms with Gasteiger partial charge in [-0.3, -0.25) is 9.36 Å². The highest BCUT2D eigenvalue weighted by molar-refractivity contribution is 9.10. The van der Waals surface area contributed by atoms with Crippen LogP contribution in [0.3, 0.4) is 0 Å². The second kappa shape index (κ2) is 8.99. The number of nitrogens with zero attached hydrogens (tertiary/aromatic N) is 2. The molecule has 0 aliphatic rings. The van der Waals surface area contributed by atoms with Gasteiger partial charge in [0, 0.05) is 32.5 Å². The number of Topliss-reactive ketones (excluding diaryl/α,β-unsaturated/α-hetero) is 1. The van der Waals surface area contributed by atoms with Gasteiger partial charge in [0.2, 0.25) is 0 Å². The fourth-order valence-corrected chi connectivity index (χ4v) is 4.13. The van der Waals surface area contributed by atoms with Crippen molar-refractivity contribution in [1.29, 1.82) is 0 Å². The number of halogens is 2. The molecule has 0 fully saturated rings. The summed E-state index contributed by atoms with van der Waals surface area (Å²) >= 11 is 10.8. The first-order valence-corrected chi connectivity index (χ1v) is 11.1. The largest absolute Gasteiger partial charge is 0.294 e. The molecule has 0 bridgehead atoms. The highest BCUT2D eigenvalue weighted by atomic mass is 79.9. The summed E-state index contributed by atoms with van der Waals surface area (Å²) in [6.45, 7) is 0. The van der Waals surface area contributed by atoms with Crippen LogP contribution >= 0.6 is 39.3 Å². The molecule has 6 heteroatoms. The molecule has 1 heterocycles. The molecule has 0 amide bonds. The summed E-state index contributed by atoms with van der Waals surface area (Å²) in [7, 11) is 0. The van der Waals surface area contributed by atoms with E-state index in [0.29, 0.717) is 16.3 Å². The number of benzene rings is 3. The molecule has 3 aromatic carbocycles. The van der Waals surface area contributed by atoms with Gasteiger partial charge in [-0.2, -0.15) is 0 Å². The zero-order valence-electron chi connectivity index (χ0n) is 15.3. The van der Waals surface area contributed by atoms with Crippen molar-refractivity contribution in [1.82, 2.24) is 9.55 Å². The molecular formula is C23H16BrClN2OS. The second-order valence-corrected chi connectivity index (χ2v) is 8.63. The van der Waals surface area contributed by atoms with Crippen LogP contribution in [-0.2, 0) is 0 Å². The van der Waals surface area contributed by atoms with E-state index in [1.165, 1.54) is 11.8 Å². The molecule has 0 saturated heterocycles. The predicted molar refractivity (Wildman–Crippen MR) is 123 cm³/mol. The van der Waals surface area contributed by atoms with Gasteiger partial charge in [-0.15, -0.1) is 0 Å². The molecule has 144 valence electrons. The summed E-state index contributed by atoms with van der Waals surface area (Å²) in [5, 5.41) is 1.39. The van der Waals surface area contributed by atoms with Crippen molar-refractivity contribution in [2.45, 2.75) is 5.16 Å². The minimum absolute atomic E-state index is 0.0401. The molecule has 3 nitrogen and oxygen atoms in total. The van der Waals surface area contributed by atoms with Crippen LogP contribution in [0.4, 0.5) is 0 Å². The fraction of sp³-hybridized carbons (Fsp3) is 0.0435. The number of aromatic nitrogens is 2. The Kier molecular flexibility index (Phi) is 6.19. The maximum absolute atomic E-state index is 12.6. The lowest BCUT2D eigenvalue weighted by Gasteiger charge is -2.07. The number of imidazole rings is 1. The summed E-state index contributed by atoms with van der Waals surface area (Å²) in [5.41, 5.74) is 3.54. The summed E-state index contributed by atoms with van der Waals surface area (Å²) in [5.74, 6) is 0.335. The average molecular weight is 484 g/mol. The highest BCUT2D eigenvalue weighted by Crippen LogP contribution is 2.28. The van der Waals surface area contributed by atoms with Crippen LogP contribution in [0, 0.1) is 0 Å². The van der Waals surface area contributed by atoms with Crippen LogP contribution in [0.5, 0.6) is 0 Å². The Bertz CT molecular complexity index is 1130. The van der Waals surface area contributed by atoms with Crippen LogP contribution < -0.4 is 0 Å². The number of hydrogen-bond donors (Lipinski definition) is 0. The van der Waals surface area contributed by atoms with E-state index in [0.717, 1.165) is 26.6 Å². The van der Waals surface area contributed by atoms with E-state index in [-0.39, 0.29) is 5.78 Å². The molecule has 0 saturated carbocycles. The van der Waals surface area contributed by atoms with E-state index in [1.54, 1.807) is 24.3 Å². The van der Waals surface area contributed by atoms with Gasteiger partial charge in [0.05, 0.1) is 11.4 Å². The average Bonchev–Trinajstić information content (AvgIpc) is 3.18. The van der Waals surface area contributed by atoms with Crippen LogP contribution in [-0.4, -0.2) is 21.1 Å². The van der Waals surface area contributed by atoms with Gasteiger partial charge in [-0.25, -0.2) is 4.98 Å². The molecule has 0 spiro atoms. The van der Waals surface area contributed by atoms with E-state index < -0.39 is 0 Å². The maximum atomic E-state index is 12.6. The van der Waals surface area contributed by atoms with Gasteiger partial charge in [-0.1, -0.05) is 69.6 Å². The van der Waals surface area contributed by atoms with Crippen LogP contribution in [0.2, 0.25) is 5.02 Å². The predicted octanol–water partition coefficient (Wildman–Crippen LogP) is 6.93. The van der Waals surface area contributed by atoms with E-state index in [2.05, 4.69) is 15.9 Å². The topological polar surface area (TPSA) is 34.9 Å². The second-order valence-electron chi connectivity index (χ2n) is 6.34. The number of ketones is 1. The molecule has 0 aliphatic carbocycles. The molecule has 0 N–H and O–H groups in total. The molecule has 0 unspecified atom stereocenters. The van der Waals surface area contributed by atoms with E-state index in [9.17, 15) is 4.79 Å². The fourth-order valence-electron chi connectivity index (χ4n) is 2.85. The molecular weight excluding hydrogens is 468 g/mol. The molecule has 4 aromatic rings. The van der Waals surface area contributed by atoms with Crippen molar-refractivity contribution in [2.75, 3.05) is 5.75 Å². The lowest BCUT2D eigenvalue weighted by atomic mass is 10.1. The standard InChI is InChI=1S/C23H16BrClN2OS/c24-18-8-12-20(13-9-18)27-14-21(16-4-2-1-3-5-16)26-23(27)29-15-22(28)17-6-10-19(25)11-7-17/h1-14H,15H2. The molecule has 1 aromatic heterocycles. The molecule has 4 rings (SSSR count). The monoisotopic (exact) mass is 482 g/mol. The smallest absolute Gasteiger partial charge is 0.173 e. The first kappa shape index (κ1) is 20.0. The lowest BCUT2D eigenvalue weighted by molar-refractivity contribution is 0.102. The Labute approximate surface area is 186 Å². The third-order valence-corrected chi connectivity index (χ3v) is 6.08. The van der Waals surface area contributed by atoms with Crippen molar-refractivity contribution in [3.8, 4) is 16.9 Å². The van der Waals surface area contributed by atoms with Crippen molar-refractivity contribution >= 4 is 45.1 Å². The molecule has 29 heavy (non-hydrogen) atoms. The van der Waals surface area contributed by atoms with Crippen molar-refractivity contribution in [3.05, 3.63) is 100 Å². The Morgan fingerprint density at radius 2 is 1.66 bits per heavy atom. The SMILES string of the molecule is O=C(CSc1nc(-c2ccccc2)cn1-c1ccc(Br)cc1)c1ccc(Cl)cc1. The number of carbonyl (C=O) groups excluding carboxylic acids is 1. The molecule has 0 aliphatic heterocycles. The first-order chi connectivity index (χ1) is 14.1. The van der Waals surface area contributed by atoms with Gasteiger partial charge in [0.1, 0.15) is 0 Å². The van der Waals surface area contributed by atoms with Gasteiger partial charge in [0.25, 0.3) is 0 Å². The van der Waals surface area contributed by atoms with Gasteiger partial charge >= 0.3 is 0 Å². The Hall–Kier alpha value is -2.34. The van der Waals surface area contributed by atoms with E-state index in [1.807, 2.05) is 65.4 Å². The minimum atomic E-state index is 0.0401. The van der Waals surface area contributed by atoms with Crippen molar-refractivity contribution in [3.63, 3.8) is 0 Å². The molecule has 0 radical (unpaired) electrons. The normalized spacial score (nSPS) is 10.8. The van der Waals surface area contributed by atoms with Gasteiger partial charge < -0.3 is 0 Å². The van der Waals surface area contributed by atoms with Crippen molar-refractivity contribution in [2.24, 2.45) is 0 Å². The number of rotatable bonds is 6. The van der Waals surface area contributed by atoms with Crippen molar-refractivity contribution < 1.29 is 4.79 Å². The minimum Gasteiger partial charge on any atom is -0.294 e. The number of hydrogen-bond acceptors (Lipinski definition) is 3. The summed E-state index contributed by atoms with van der Waals surface area (Å²) in [6, 6.07) is 25.0. The third kappa shape index (κ3) is 4.81. The van der Waals surface area contributed by atoms with E-state index >= 15 is 0 Å². The highest BCUT2D eigenvalue weighted by Gasteiger charge is 2.14. The Morgan fingerprint density at radius 3 is 2.34 bits per heavy atom. The Balaban J connectivity index is 1.63. The molecule has 0 atom stereocenters. The summed E-state index contributed by atoms with van der Waals surface area (Å²) in [4.78, 5) is 17.4. The number of thioether (sulfide) groups is 1. The third-order valence-electron chi connectivity index (χ3n) is 4.35. The van der Waals surface area contributed by atoms with Crippen LogP contribution in [0.15, 0.2) is 94.7 Å². The zero-order chi connectivity index (χ0) is 20.2. The Morgan fingerprint density at radius 1 is 0.966 bits per heavy atom. The quantitative estimate of drug-likeness (QED) is 0.220. The first-order valence-electron chi connectivity index (χ1n) is 8.92. The van der Waals surface area contributed by atoms with E-state index in [4.69, 9.17) is 16.6 Å². The lowest BCUT2D eigenvalue weighted by Crippen LogP contribution is -2.04.